The summed E-state index contributed by atoms with van der Waals surface area (Å²) in [5, 5.41) is 3.77. The predicted octanol–water partition coefficient (Wildman–Crippen LogP) is 3.84. The van der Waals surface area contributed by atoms with Crippen LogP contribution in [-0.2, 0) is 6.42 Å². The fourth-order valence-corrected chi connectivity index (χ4v) is 4.59. The van der Waals surface area contributed by atoms with E-state index in [0.717, 1.165) is 31.0 Å². The maximum Gasteiger partial charge on any atom is 0.0175 e. The Bertz CT molecular complexity index is 445. The molecule has 2 nitrogen and oxygen atoms in total. The third-order valence-electron chi connectivity index (χ3n) is 5.54. The Morgan fingerprint density at radius 2 is 1.81 bits per heavy atom. The molecule has 2 heterocycles. The highest BCUT2D eigenvalue weighted by Crippen LogP contribution is 2.39. The summed E-state index contributed by atoms with van der Waals surface area (Å²) in [7, 11) is 2.33. The Kier molecular flexibility index (Phi) is 5.03. The lowest BCUT2D eigenvalue weighted by Crippen LogP contribution is -2.47. The Morgan fingerprint density at radius 3 is 2.38 bits per heavy atom. The van der Waals surface area contributed by atoms with Gasteiger partial charge in [-0.15, -0.1) is 0 Å². The molecule has 0 amide bonds. The highest BCUT2D eigenvalue weighted by atomic mass is 79.9. The van der Waals surface area contributed by atoms with E-state index in [9.17, 15) is 0 Å². The number of fused-ring (bicyclic) bond motifs is 2. The molecule has 116 valence electrons. The number of rotatable bonds is 5. The van der Waals surface area contributed by atoms with Crippen LogP contribution in [0.15, 0.2) is 28.7 Å². The monoisotopic (exact) mass is 350 g/mol. The van der Waals surface area contributed by atoms with Crippen molar-refractivity contribution in [3.8, 4) is 0 Å². The van der Waals surface area contributed by atoms with Crippen molar-refractivity contribution < 1.29 is 0 Å². The minimum absolute atomic E-state index is 0.632. The van der Waals surface area contributed by atoms with Crippen molar-refractivity contribution in [3.05, 3.63) is 34.3 Å². The summed E-state index contributed by atoms with van der Waals surface area (Å²) < 4.78 is 1.17. The van der Waals surface area contributed by atoms with Crippen LogP contribution >= 0.6 is 15.9 Å². The summed E-state index contributed by atoms with van der Waals surface area (Å²) in [5.74, 6) is 0.835. The SMILES string of the molecule is CCNC(Cc1ccc(Br)cc1)C1CC2CCC(C1)N2C. The van der Waals surface area contributed by atoms with E-state index in [2.05, 4.69) is 64.4 Å². The van der Waals surface area contributed by atoms with Gasteiger partial charge in [0.1, 0.15) is 0 Å². The zero-order valence-electron chi connectivity index (χ0n) is 13.2. The van der Waals surface area contributed by atoms with Crippen molar-refractivity contribution in [2.24, 2.45) is 5.92 Å². The van der Waals surface area contributed by atoms with Crippen LogP contribution in [0.1, 0.15) is 38.2 Å². The first-order chi connectivity index (χ1) is 10.2. The quantitative estimate of drug-likeness (QED) is 0.867. The van der Waals surface area contributed by atoms with Gasteiger partial charge in [0.25, 0.3) is 0 Å². The van der Waals surface area contributed by atoms with Gasteiger partial charge < -0.3 is 10.2 Å². The van der Waals surface area contributed by atoms with Crippen molar-refractivity contribution in [2.75, 3.05) is 13.6 Å². The van der Waals surface area contributed by atoms with Crippen molar-refractivity contribution >= 4 is 15.9 Å². The first-order valence-electron chi connectivity index (χ1n) is 8.37. The van der Waals surface area contributed by atoms with Gasteiger partial charge in [-0.05, 0) is 69.3 Å². The molecule has 1 aromatic carbocycles. The molecule has 1 aromatic rings. The molecule has 3 unspecified atom stereocenters. The molecule has 21 heavy (non-hydrogen) atoms. The Hall–Kier alpha value is -0.380. The topological polar surface area (TPSA) is 15.3 Å². The van der Waals surface area contributed by atoms with Gasteiger partial charge in [-0.1, -0.05) is 35.0 Å². The van der Waals surface area contributed by atoms with E-state index in [-0.39, 0.29) is 0 Å². The van der Waals surface area contributed by atoms with Crippen LogP contribution in [0.4, 0.5) is 0 Å². The standard InChI is InChI=1S/C18H27BrN2/c1-3-20-18(10-13-4-6-15(19)7-5-13)14-11-16-8-9-17(12-14)21(16)2/h4-7,14,16-18,20H,3,8-12H2,1-2H3. The molecular weight excluding hydrogens is 324 g/mol. The molecule has 0 aliphatic carbocycles. The van der Waals surface area contributed by atoms with Crippen LogP contribution in [0, 0.1) is 5.92 Å². The van der Waals surface area contributed by atoms with Crippen LogP contribution < -0.4 is 5.32 Å². The van der Waals surface area contributed by atoms with Gasteiger partial charge >= 0.3 is 0 Å². The highest BCUT2D eigenvalue weighted by molar-refractivity contribution is 9.10. The highest BCUT2D eigenvalue weighted by Gasteiger charge is 2.40. The Morgan fingerprint density at radius 1 is 1.19 bits per heavy atom. The fraction of sp³-hybridized carbons (Fsp3) is 0.667. The Balaban J connectivity index is 1.68. The summed E-state index contributed by atoms with van der Waals surface area (Å²) in [6.45, 7) is 3.31. The van der Waals surface area contributed by atoms with E-state index in [4.69, 9.17) is 0 Å². The van der Waals surface area contributed by atoms with E-state index in [1.54, 1.807) is 0 Å². The normalized spacial score (nSPS) is 30.5. The van der Waals surface area contributed by atoms with Crippen LogP contribution in [-0.4, -0.2) is 36.6 Å². The molecule has 0 saturated carbocycles. The van der Waals surface area contributed by atoms with E-state index in [0.29, 0.717) is 6.04 Å². The zero-order chi connectivity index (χ0) is 14.8. The van der Waals surface area contributed by atoms with Crippen molar-refractivity contribution in [1.29, 1.82) is 0 Å². The summed E-state index contributed by atoms with van der Waals surface area (Å²) in [4.78, 5) is 2.64. The molecule has 2 saturated heterocycles. The van der Waals surface area contributed by atoms with E-state index < -0.39 is 0 Å². The molecule has 2 aliphatic heterocycles. The Labute approximate surface area is 137 Å². The average molecular weight is 351 g/mol. The van der Waals surface area contributed by atoms with Crippen LogP contribution in [0.2, 0.25) is 0 Å². The van der Waals surface area contributed by atoms with Gasteiger partial charge in [0, 0.05) is 22.6 Å². The smallest absolute Gasteiger partial charge is 0.0175 e. The van der Waals surface area contributed by atoms with Crippen molar-refractivity contribution in [1.82, 2.24) is 10.2 Å². The van der Waals surface area contributed by atoms with Crippen LogP contribution in [0.3, 0.4) is 0 Å². The number of benzene rings is 1. The van der Waals surface area contributed by atoms with Gasteiger partial charge in [0.2, 0.25) is 0 Å². The molecule has 3 atom stereocenters. The van der Waals surface area contributed by atoms with E-state index in [1.165, 1.54) is 35.7 Å². The summed E-state index contributed by atoms with van der Waals surface area (Å²) in [5.41, 5.74) is 1.45. The molecule has 1 N–H and O–H groups in total. The van der Waals surface area contributed by atoms with Gasteiger partial charge in [-0.2, -0.15) is 0 Å². The third kappa shape index (κ3) is 3.52. The zero-order valence-corrected chi connectivity index (χ0v) is 14.8. The van der Waals surface area contributed by atoms with E-state index >= 15 is 0 Å². The van der Waals surface area contributed by atoms with E-state index in [1.807, 2.05) is 0 Å². The summed E-state index contributed by atoms with van der Waals surface area (Å²) >= 11 is 3.53. The molecular formula is C18H27BrN2. The molecule has 2 fully saturated rings. The lowest BCUT2D eigenvalue weighted by Gasteiger charge is -2.40. The fourth-order valence-electron chi connectivity index (χ4n) is 4.32. The third-order valence-corrected chi connectivity index (χ3v) is 6.07. The second-order valence-corrected chi connectivity index (χ2v) is 7.69. The molecule has 3 rings (SSSR count). The largest absolute Gasteiger partial charge is 0.314 e. The second kappa shape index (κ2) is 6.80. The van der Waals surface area contributed by atoms with Gasteiger partial charge in [0.15, 0.2) is 0 Å². The second-order valence-electron chi connectivity index (χ2n) is 6.78. The minimum atomic E-state index is 0.632. The number of likely N-dealkylation sites (N-methyl/N-ethyl adjacent to an activating group) is 1. The van der Waals surface area contributed by atoms with Gasteiger partial charge in [-0.3, -0.25) is 0 Å². The molecule has 2 aliphatic rings. The van der Waals surface area contributed by atoms with Crippen molar-refractivity contribution in [2.45, 2.75) is 57.2 Å². The van der Waals surface area contributed by atoms with Crippen molar-refractivity contribution in [3.63, 3.8) is 0 Å². The lowest BCUT2D eigenvalue weighted by atomic mass is 9.82. The lowest BCUT2D eigenvalue weighted by molar-refractivity contribution is 0.112. The number of hydrogen-bond acceptors (Lipinski definition) is 2. The minimum Gasteiger partial charge on any atom is -0.314 e. The van der Waals surface area contributed by atoms with Crippen LogP contribution in [0.5, 0.6) is 0 Å². The van der Waals surface area contributed by atoms with Gasteiger partial charge in [0.05, 0.1) is 0 Å². The predicted molar refractivity (Wildman–Crippen MR) is 92.6 cm³/mol. The number of nitrogens with zero attached hydrogens (tertiary/aromatic N) is 1. The van der Waals surface area contributed by atoms with Gasteiger partial charge in [-0.25, -0.2) is 0 Å². The molecule has 2 bridgehead atoms. The maximum absolute atomic E-state index is 3.77. The summed E-state index contributed by atoms with van der Waals surface area (Å²) in [6.07, 6.45) is 6.74. The average Bonchev–Trinajstić information content (AvgIpc) is 2.71. The number of nitrogens with one attached hydrogen (secondary N) is 1. The summed E-state index contributed by atoms with van der Waals surface area (Å²) in [6, 6.07) is 11.1. The molecule has 3 heteroatoms. The maximum atomic E-state index is 3.77. The molecule has 0 spiro atoms. The first-order valence-corrected chi connectivity index (χ1v) is 9.16. The molecule has 0 radical (unpaired) electrons. The molecule has 0 aromatic heterocycles. The number of halogens is 1. The number of hydrogen-bond donors (Lipinski definition) is 1. The number of piperidine rings is 1. The van der Waals surface area contributed by atoms with Crippen LogP contribution in [0.25, 0.3) is 0 Å². The first kappa shape index (κ1) is 15.5.